The Hall–Kier alpha value is -3.19. The van der Waals surface area contributed by atoms with Crippen molar-refractivity contribution in [3.05, 3.63) is 65.2 Å². The minimum atomic E-state index is -0.225. The molecule has 2 aromatic rings. The van der Waals surface area contributed by atoms with Crippen LogP contribution < -0.4 is 4.74 Å². The summed E-state index contributed by atoms with van der Waals surface area (Å²) in [6.45, 7) is 2.83. The largest absolute Gasteiger partial charge is 0.497 e. The maximum Gasteiger partial charge on any atom is 0.262 e. The molecular weight excluding hydrogens is 430 g/mol. The molecule has 1 heterocycles. The van der Waals surface area contributed by atoms with Crippen LogP contribution in [-0.2, 0) is 14.3 Å². The third-order valence-electron chi connectivity index (χ3n) is 6.69. The summed E-state index contributed by atoms with van der Waals surface area (Å²) in [4.78, 5) is 28.2. The molecule has 4 rings (SSSR count). The maximum atomic E-state index is 13.6. The van der Waals surface area contributed by atoms with E-state index in [1.54, 1.807) is 24.1 Å². The van der Waals surface area contributed by atoms with E-state index < -0.39 is 0 Å². The minimum absolute atomic E-state index is 0.00402. The van der Waals surface area contributed by atoms with Crippen LogP contribution >= 0.6 is 0 Å². The maximum absolute atomic E-state index is 13.6. The lowest BCUT2D eigenvalue weighted by Crippen LogP contribution is -2.46. The van der Waals surface area contributed by atoms with Gasteiger partial charge in [0.2, 0.25) is 5.91 Å². The van der Waals surface area contributed by atoms with Gasteiger partial charge in [0.25, 0.3) is 5.91 Å². The van der Waals surface area contributed by atoms with Crippen molar-refractivity contribution in [2.45, 2.75) is 38.6 Å². The van der Waals surface area contributed by atoms with Crippen LogP contribution in [0.4, 0.5) is 0 Å². The van der Waals surface area contributed by atoms with Crippen molar-refractivity contribution in [1.82, 2.24) is 9.91 Å². The van der Waals surface area contributed by atoms with Gasteiger partial charge in [-0.3, -0.25) is 9.59 Å². The van der Waals surface area contributed by atoms with E-state index in [0.29, 0.717) is 19.6 Å². The fourth-order valence-electron chi connectivity index (χ4n) is 4.38. The number of hydrogen-bond acceptors (Lipinski definition) is 5. The second-order valence-electron chi connectivity index (χ2n) is 9.03. The van der Waals surface area contributed by atoms with Crippen molar-refractivity contribution < 1.29 is 19.1 Å². The summed E-state index contributed by atoms with van der Waals surface area (Å²) in [5.41, 5.74) is 3.93. The Balaban J connectivity index is 1.60. The first-order valence-electron chi connectivity index (χ1n) is 11.9. The van der Waals surface area contributed by atoms with Crippen molar-refractivity contribution in [3.8, 4) is 5.75 Å². The molecule has 7 heteroatoms. The highest BCUT2D eigenvalue weighted by atomic mass is 16.5. The lowest BCUT2D eigenvalue weighted by molar-refractivity contribution is -0.146. The molecule has 1 fully saturated rings. The topological polar surface area (TPSA) is 71.4 Å². The van der Waals surface area contributed by atoms with Gasteiger partial charge in [0.05, 0.1) is 25.5 Å². The summed E-state index contributed by atoms with van der Waals surface area (Å²) in [6, 6.07) is 15.7. The van der Waals surface area contributed by atoms with Crippen LogP contribution in [0.2, 0.25) is 0 Å². The Bertz CT molecular complexity index is 1050. The van der Waals surface area contributed by atoms with Gasteiger partial charge in [-0.05, 0) is 37.5 Å². The Morgan fingerprint density at radius 1 is 1.12 bits per heavy atom. The molecule has 2 aliphatic rings. The van der Waals surface area contributed by atoms with Gasteiger partial charge < -0.3 is 14.4 Å². The van der Waals surface area contributed by atoms with E-state index in [-0.39, 0.29) is 30.3 Å². The monoisotopic (exact) mass is 463 g/mol. The molecule has 180 valence electrons. The Labute approximate surface area is 201 Å². The van der Waals surface area contributed by atoms with Gasteiger partial charge in [0.15, 0.2) is 0 Å². The quantitative estimate of drug-likeness (QED) is 0.564. The molecule has 0 aromatic heterocycles. The van der Waals surface area contributed by atoms with Crippen LogP contribution in [0.5, 0.6) is 5.75 Å². The number of benzene rings is 2. The number of carbonyl (C=O) groups excluding carboxylic acids is 2. The zero-order valence-electron chi connectivity index (χ0n) is 20.2. The second-order valence-corrected chi connectivity index (χ2v) is 9.03. The van der Waals surface area contributed by atoms with Gasteiger partial charge in [-0.15, -0.1) is 0 Å². The van der Waals surface area contributed by atoms with Crippen LogP contribution in [-0.4, -0.2) is 61.4 Å². The van der Waals surface area contributed by atoms with E-state index in [2.05, 4.69) is 0 Å². The molecule has 0 unspecified atom stereocenters. The predicted molar refractivity (Wildman–Crippen MR) is 131 cm³/mol. The molecule has 1 atom stereocenters. The van der Waals surface area contributed by atoms with Gasteiger partial charge in [-0.1, -0.05) is 48.4 Å². The molecule has 1 aliphatic carbocycles. The van der Waals surface area contributed by atoms with Gasteiger partial charge >= 0.3 is 0 Å². The molecule has 1 aliphatic heterocycles. The number of carbonyl (C=O) groups is 2. The number of ether oxygens (including phenoxy) is 2. The van der Waals surface area contributed by atoms with Crippen LogP contribution in [0.1, 0.15) is 48.4 Å². The van der Waals surface area contributed by atoms with Gasteiger partial charge in [0.1, 0.15) is 12.3 Å². The number of aryl methyl sites for hydroxylation is 1. The van der Waals surface area contributed by atoms with E-state index in [1.165, 1.54) is 0 Å². The number of rotatable bonds is 9. The lowest BCUT2D eigenvalue weighted by Gasteiger charge is -2.32. The summed E-state index contributed by atoms with van der Waals surface area (Å²) in [7, 11) is 3.24. The molecule has 7 nitrogen and oxygen atoms in total. The number of hydrazone groups is 1. The van der Waals surface area contributed by atoms with Crippen LogP contribution in [0.15, 0.2) is 53.6 Å². The van der Waals surface area contributed by atoms with Crippen LogP contribution in [0.25, 0.3) is 0 Å². The standard InChI is InChI=1S/C27H33N3O4/c1-19-10-12-20(13-11-19)25-17-24(22-8-5-9-23(16-22)34-3)28-30(25)26(31)18-29(14-15-33-2)27(32)21-6-4-7-21/h5,8-13,16,21,25H,4,6-7,14-15,17-18H2,1-3H3/t25-/m0/s1. The highest BCUT2D eigenvalue weighted by Crippen LogP contribution is 2.34. The Morgan fingerprint density at radius 2 is 1.88 bits per heavy atom. The fraction of sp³-hybridized carbons (Fsp3) is 0.444. The highest BCUT2D eigenvalue weighted by Gasteiger charge is 2.36. The summed E-state index contributed by atoms with van der Waals surface area (Å²) >= 11 is 0. The number of nitrogens with zero attached hydrogens (tertiary/aromatic N) is 3. The molecule has 0 spiro atoms. The normalized spacial score (nSPS) is 17.8. The molecule has 1 saturated carbocycles. The van der Waals surface area contributed by atoms with Crippen molar-refractivity contribution >= 4 is 17.5 Å². The van der Waals surface area contributed by atoms with Gasteiger partial charge in [0, 0.05) is 31.6 Å². The summed E-state index contributed by atoms with van der Waals surface area (Å²) in [5.74, 6) is 0.618. The Kier molecular flexibility index (Phi) is 7.63. The average molecular weight is 464 g/mol. The van der Waals surface area contributed by atoms with E-state index in [0.717, 1.165) is 47.4 Å². The molecular formula is C27H33N3O4. The lowest BCUT2D eigenvalue weighted by atomic mass is 9.84. The zero-order valence-corrected chi connectivity index (χ0v) is 20.2. The molecule has 2 aromatic carbocycles. The van der Waals surface area contributed by atoms with Crippen LogP contribution in [0.3, 0.4) is 0 Å². The number of hydrogen-bond donors (Lipinski definition) is 0. The average Bonchev–Trinajstić information content (AvgIpc) is 3.26. The van der Waals surface area contributed by atoms with Gasteiger partial charge in [-0.2, -0.15) is 5.10 Å². The first-order valence-corrected chi connectivity index (χ1v) is 11.9. The fourth-order valence-corrected chi connectivity index (χ4v) is 4.38. The zero-order chi connectivity index (χ0) is 24.1. The molecule has 0 N–H and O–H groups in total. The molecule has 0 bridgehead atoms. The molecule has 2 amide bonds. The molecule has 0 saturated heterocycles. The van der Waals surface area contributed by atoms with E-state index in [9.17, 15) is 9.59 Å². The van der Waals surface area contributed by atoms with Crippen molar-refractivity contribution in [1.29, 1.82) is 0 Å². The number of amides is 2. The first kappa shape index (κ1) is 24.0. The van der Waals surface area contributed by atoms with E-state index >= 15 is 0 Å². The third-order valence-corrected chi connectivity index (χ3v) is 6.69. The summed E-state index contributed by atoms with van der Waals surface area (Å²) in [6.07, 6.45) is 3.45. The van der Waals surface area contributed by atoms with Crippen molar-refractivity contribution in [3.63, 3.8) is 0 Å². The first-order chi connectivity index (χ1) is 16.5. The number of methoxy groups -OCH3 is 2. The summed E-state index contributed by atoms with van der Waals surface area (Å²) in [5, 5.41) is 6.32. The minimum Gasteiger partial charge on any atom is -0.497 e. The third kappa shape index (κ3) is 5.30. The SMILES string of the molecule is COCCN(CC(=O)N1N=C(c2cccc(OC)c2)C[C@H]1c1ccc(C)cc1)C(=O)C1CCC1. The van der Waals surface area contributed by atoms with E-state index in [4.69, 9.17) is 14.6 Å². The molecule has 34 heavy (non-hydrogen) atoms. The van der Waals surface area contributed by atoms with Gasteiger partial charge in [-0.25, -0.2) is 5.01 Å². The summed E-state index contributed by atoms with van der Waals surface area (Å²) < 4.78 is 10.6. The predicted octanol–water partition coefficient (Wildman–Crippen LogP) is 3.96. The molecule has 0 radical (unpaired) electrons. The van der Waals surface area contributed by atoms with E-state index in [1.807, 2.05) is 55.5 Å². The Morgan fingerprint density at radius 3 is 2.53 bits per heavy atom. The van der Waals surface area contributed by atoms with Crippen LogP contribution in [0, 0.1) is 12.8 Å². The van der Waals surface area contributed by atoms with Crippen molar-refractivity contribution in [2.75, 3.05) is 33.9 Å². The second kappa shape index (κ2) is 10.8. The van der Waals surface area contributed by atoms with Crippen molar-refractivity contribution in [2.24, 2.45) is 11.0 Å². The smallest absolute Gasteiger partial charge is 0.262 e. The highest BCUT2D eigenvalue weighted by molar-refractivity contribution is 6.03.